The molecule has 0 heterocycles. The Morgan fingerprint density at radius 2 is 1.93 bits per heavy atom. The summed E-state index contributed by atoms with van der Waals surface area (Å²) in [5, 5.41) is 11.8. The second-order valence-corrected chi connectivity index (χ2v) is 7.96. The summed E-state index contributed by atoms with van der Waals surface area (Å²) in [7, 11) is -0.999. The molecule has 0 saturated heterocycles. The van der Waals surface area contributed by atoms with Crippen molar-refractivity contribution in [2.75, 3.05) is 32.6 Å². The van der Waals surface area contributed by atoms with E-state index in [9.17, 15) is 17.6 Å². The number of anilines is 1. The van der Waals surface area contributed by atoms with Crippen LogP contribution in [-0.4, -0.2) is 51.0 Å². The van der Waals surface area contributed by atoms with Gasteiger partial charge in [-0.1, -0.05) is 18.2 Å². The minimum absolute atomic E-state index is 0.0253. The first kappa shape index (κ1) is 20.8. The molecule has 0 aliphatic carbocycles. The minimum atomic E-state index is -3.76. The van der Waals surface area contributed by atoms with Crippen molar-refractivity contribution in [3.05, 3.63) is 59.4 Å². The molecule has 0 fully saturated rings. The zero-order valence-electron chi connectivity index (χ0n) is 15.0. The molecule has 2 aromatic rings. The van der Waals surface area contributed by atoms with Crippen LogP contribution in [0.15, 0.2) is 47.4 Å². The van der Waals surface area contributed by atoms with Crippen molar-refractivity contribution in [1.29, 1.82) is 0 Å². The summed E-state index contributed by atoms with van der Waals surface area (Å²) >= 11 is 0. The molecule has 0 unspecified atom stereocenters. The van der Waals surface area contributed by atoms with Gasteiger partial charge in [0.1, 0.15) is 12.4 Å². The largest absolute Gasteiger partial charge is 0.457 e. The Bertz CT molecular complexity index is 916. The van der Waals surface area contributed by atoms with Gasteiger partial charge in [-0.25, -0.2) is 21.9 Å². The van der Waals surface area contributed by atoms with E-state index >= 15 is 0 Å². The maximum Gasteiger partial charge on any atom is 0.340 e. The fourth-order valence-electron chi connectivity index (χ4n) is 2.24. The van der Waals surface area contributed by atoms with Gasteiger partial charge in [0.2, 0.25) is 10.0 Å². The minimum Gasteiger partial charge on any atom is -0.457 e. The number of ether oxygens (including phenoxy) is 1. The van der Waals surface area contributed by atoms with E-state index < -0.39 is 21.8 Å². The number of halogens is 1. The molecular formula is C18H21FN2O5S. The van der Waals surface area contributed by atoms with Crippen molar-refractivity contribution < 1.29 is 27.4 Å². The lowest BCUT2D eigenvalue weighted by molar-refractivity contribution is 0.0469. The number of carbonyl (C=O) groups excluding carboxylic acids is 1. The number of sulfonamides is 1. The molecule has 27 heavy (non-hydrogen) atoms. The fourth-order valence-corrected chi connectivity index (χ4v) is 3.17. The van der Waals surface area contributed by atoms with E-state index in [2.05, 4.69) is 5.32 Å². The van der Waals surface area contributed by atoms with Gasteiger partial charge >= 0.3 is 5.97 Å². The van der Waals surface area contributed by atoms with E-state index in [1.165, 1.54) is 50.5 Å². The van der Waals surface area contributed by atoms with Gasteiger partial charge in [-0.15, -0.1) is 0 Å². The van der Waals surface area contributed by atoms with Crippen molar-refractivity contribution in [2.45, 2.75) is 11.5 Å². The Balaban J connectivity index is 2.32. The Morgan fingerprint density at radius 3 is 2.56 bits per heavy atom. The second kappa shape index (κ2) is 8.94. The number of aliphatic hydroxyl groups excluding tert-OH is 1. The third kappa shape index (κ3) is 5.03. The van der Waals surface area contributed by atoms with Crippen LogP contribution in [0.4, 0.5) is 10.1 Å². The first-order valence-corrected chi connectivity index (χ1v) is 9.53. The monoisotopic (exact) mass is 396 g/mol. The number of esters is 1. The lowest BCUT2D eigenvalue weighted by Crippen LogP contribution is -2.23. The first-order chi connectivity index (χ1) is 12.8. The third-order valence-electron chi connectivity index (χ3n) is 3.73. The summed E-state index contributed by atoms with van der Waals surface area (Å²) in [5.74, 6) is -1.32. The Kier molecular flexibility index (Phi) is 6.89. The standard InChI is InChI=1S/C18H21FN2O5S/c1-21(2)27(24,25)14-7-8-17(20-9-10-22)15(11-14)18(23)26-12-13-5-3-4-6-16(13)19/h3-8,11,20,22H,9-10,12H2,1-2H3. The number of aliphatic hydroxyl groups is 1. The third-order valence-corrected chi connectivity index (χ3v) is 5.54. The van der Waals surface area contributed by atoms with E-state index in [4.69, 9.17) is 9.84 Å². The highest BCUT2D eigenvalue weighted by molar-refractivity contribution is 7.89. The molecule has 0 bridgehead atoms. The van der Waals surface area contributed by atoms with E-state index in [0.29, 0.717) is 5.69 Å². The lowest BCUT2D eigenvalue weighted by atomic mass is 10.1. The molecule has 0 radical (unpaired) electrons. The molecule has 0 aliphatic heterocycles. The fraction of sp³-hybridized carbons (Fsp3) is 0.278. The van der Waals surface area contributed by atoms with Gasteiger partial charge < -0.3 is 15.2 Å². The molecule has 2 rings (SSSR count). The molecule has 0 amide bonds. The molecule has 0 atom stereocenters. The highest BCUT2D eigenvalue weighted by Gasteiger charge is 2.22. The quantitative estimate of drug-likeness (QED) is 0.661. The average Bonchev–Trinajstić information content (AvgIpc) is 2.65. The van der Waals surface area contributed by atoms with Crippen LogP contribution in [0.1, 0.15) is 15.9 Å². The second-order valence-electron chi connectivity index (χ2n) is 5.81. The van der Waals surface area contributed by atoms with Crippen LogP contribution in [-0.2, 0) is 21.4 Å². The normalized spacial score (nSPS) is 11.4. The van der Waals surface area contributed by atoms with E-state index in [1.54, 1.807) is 6.07 Å². The van der Waals surface area contributed by atoms with Crippen LogP contribution < -0.4 is 5.32 Å². The summed E-state index contributed by atoms with van der Waals surface area (Å²) in [6.07, 6.45) is 0. The smallest absolute Gasteiger partial charge is 0.340 e. The Labute approximate surface area is 157 Å². The molecule has 2 aromatic carbocycles. The van der Waals surface area contributed by atoms with E-state index in [1.807, 2.05) is 0 Å². The SMILES string of the molecule is CN(C)S(=O)(=O)c1ccc(NCCO)c(C(=O)OCc2ccccc2F)c1. The van der Waals surface area contributed by atoms with Gasteiger partial charge in [-0.05, 0) is 24.3 Å². The summed E-state index contributed by atoms with van der Waals surface area (Å²) < 4.78 is 44.5. The van der Waals surface area contributed by atoms with Crippen molar-refractivity contribution in [3.63, 3.8) is 0 Å². The van der Waals surface area contributed by atoms with Crippen molar-refractivity contribution in [2.24, 2.45) is 0 Å². The van der Waals surface area contributed by atoms with Gasteiger partial charge in [-0.2, -0.15) is 0 Å². The van der Waals surface area contributed by atoms with Crippen LogP contribution in [0.2, 0.25) is 0 Å². The molecule has 0 spiro atoms. The molecule has 0 aromatic heterocycles. The number of carbonyl (C=O) groups is 1. The van der Waals surface area contributed by atoms with Gasteiger partial charge in [0.05, 0.1) is 17.1 Å². The average molecular weight is 396 g/mol. The Morgan fingerprint density at radius 1 is 1.22 bits per heavy atom. The van der Waals surface area contributed by atoms with Crippen LogP contribution >= 0.6 is 0 Å². The topological polar surface area (TPSA) is 95.9 Å². The zero-order chi connectivity index (χ0) is 20.0. The predicted octanol–water partition coefficient (Wildman–Crippen LogP) is 1.84. The molecule has 9 heteroatoms. The van der Waals surface area contributed by atoms with Gasteiger partial charge in [0, 0.05) is 31.9 Å². The maximum atomic E-state index is 13.7. The molecule has 2 N–H and O–H groups in total. The van der Waals surface area contributed by atoms with Gasteiger partial charge in [0.15, 0.2) is 0 Å². The summed E-state index contributed by atoms with van der Waals surface area (Å²) in [6, 6.07) is 9.84. The molecule has 146 valence electrons. The zero-order valence-corrected chi connectivity index (χ0v) is 15.8. The number of rotatable bonds is 8. The highest BCUT2D eigenvalue weighted by atomic mass is 32.2. The van der Waals surface area contributed by atoms with Crippen LogP contribution in [0.3, 0.4) is 0 Å². The van der Waals surface area contributed by atoms with Crippen LogP contribution in [0.5, 0.6) is 0 Å². The predicted molar refractivity (Wildman–Crippen MR) is 98.4 cm³/mol. The first-order valence-electron chi connectivity index (χ1n) is 8.09. The van der Waals surface area contributed by atoms with E-state index in [0.717, 1.165) is 4.31 Å². The van der Waals surface area contributed by atoms with Crippen LogP contribution in [0.25, 0.3) is 0 Å². The Hall–Kier alpha value is -2.49. The number of hydrogen-bond acceptors (Lipinski definition) is 6. The summed E-state index contributed by atoms with van der Waals surface area (Å²) in [5.41, 5.74) is 0.482. The van der Waals surface area contributed by atoms with Gasteiger partial charge in [0.25, 0.3) is 0 Å². The molecular weight excluding hydrogens is 375 g/mol. The lowest BCUT2D eigenvalue weighted by Gasteiger charge is -2.15. The molecule has 0 saturated carbocycles. The number of benzene rings is 2. The van der Waals surface area contributed by atoms with Crippen LogP contribution in [0, 0.1) is 5.82 Å². The maximum absolute atomic E-state index is 13.7. The summed E-state index contributed by atoms with van der Waals surface area (Å²) in [4.78, 5) is 12.4. The number of nitrogens with one attached hydrogen (secondary N) is 1. The molecule has 0 aliphatic rings. The highest BCUT2D eigenvalue weighted by Crippen LogP contribution is 2.23. The van der Waals surface area contributed by atoms with Crippen molar-refractivity contribution in [1.82, 2.24) is 4.31 Å². The number of hydrogen-bond donors (Lipinski definition) is 2. The van der Waals surface area contributed by atoms with Gasteiger partial charge in [-0.3, -0.25) is 0 Å². The van der Waals surface area contributed by atoms with Crippen molar-refractivity contribution >= 4 is 21.7 Å². The summed E-state index contributed by atoms with van der Waals surface area (Å²) in [6.45, 7) is -0.315. The van der Waals surface area contributed by atoms with Crippen molar-refractivity contribution in [3.8, 4) is 0 Å². The number of nitrogens with zero attached hydrogens (tertiary/aromatic N) is 1. The molecule has 7 nitrogen and oxygen atoms in total. The van der Waals surface area contributed by atoms with E-state index in [-0.39, 0.29) is 35.8 Å².